The van der Waals surface area contributed by atoms with Crippen LogP contribution in [0.25, 0.3) is 77.2 Å². The molecule has 354 valence electrons. The number of anilines is 6. The smallest absolute Gasteiger partial charge is 0.123 e. The third kappa shape index (κ3) is 7.94. The molecule has 0 amide bonds. The van der Waals surface area contributed by atoms with Crippen molar-refractivity contribution in [3.05, 3.63) is 278 Å². The highest BCUT2D eigenvalue weighted by molar-refractivity contribution is 6.12. The van der Waals surface area contributed by atoms with E-state index < -0.39 is 0 Å². The SMILES string of the molecule is Cc1ccc(N(c2ccc(-c3ccc(-c4ccc(N(c5ccc(C)cc5)c5ccc6c(c5)c5ccccc5n6-c5ccc(F)cc5)cc4)cc3)cc2)c2ccc3c(c2)c2ccccc2n3-c2ccc(F)cc2)cc1. The summed E-state index contributed by atoms with van der Waals surface area (Å²) in [7, 11) is 0. The van der Waals surface area contributed by atoms with Gasteiger partial charge in [0.15, 0.2) is 0 Å². The summed E-state index contributed by atoms with van der Waals surface area (Å²) in [5.41, 5.74) is 19.3. The molecule has 4 nitrogen and oxygen atoms in total. The Morgan fingerprint density at radius 3 is 0.905 bits per heavy atom. The molecular weight excluding hydrogens is 911 g/mol. The van der Waals surface area contributed by atoms with Gasteiger partial charge in [-0.25, -0.2) is 8.78 Å². The largest absolute Gasteiger partial charge is 0.310 e. The zero-order valence-electron chi connectivity index (χ0n) is 40.8. The number of fused-ring (bicyclic) bond motifs is 6. The van der Waals surface area contributed by atoms with Crippen molar-refractivity contribution in [2.24, 2.45) is 0 Å². The van der Waals surface area contributed by atoms with E-state index in [-0.39, 0.29) is 11.6 Å². The summed E-state index contributed by atoms with van der Waals surface area (Å²) in [6.45, 7) is 4.23. The third-order valence-corrected chi connectivity index (χ3v) is 14.4. The lowest BCUT2D eigenvalue weighted by Gasteiger charge is -2.26. The molecule has 0 saturated carbocycles. The molecule has 0 aliphatic rings. The van der Waals surface area contributed by atoms with Crippen LogP contribution in [0.1, 0.15) is 11.1 Å². The summed E-state index contributed by atoms with van der Waals surface area (Å²) >= 11 is 0. The molecule has 0 radical (unpaired) electrons. The van der Waals surface area contributed by atoms with Gasteiger partial charge in [-0.2, -0.15) is 0 Å². The lowest BCUT2D eigenvalue weighted by molar-refractivity contribution is 0.627. The van der Waals surface area contributed by atoms with Crippen molar-refractivity contribution >= 4 is 77.7 Å². The third-order valence-electron chi connectivity index (χ3n) is 14.4. The van der Waals surface area contributed by atoms with Gasteiger partial charge in [0.2, 0.25) is 0 Å². The summed E-state index contributed by atoms with van der Waals surface area (Å²) in [4.78, 5) is 4.62. The van der Waals surface area contributed by atoms with E-state index in [4.69, 9.17) is 0 Å². The molecule has 0 fully saturated rings. The van der Waals surface area contributed by atoms with E-state index in [0.717, 1.165) is 111 Å². The topological polar surface area (TPSA) is 16.3 Å². The number of halogens is 2. The lowest BCUT2D eigenvalue weighted by Crippen LogP contribution is -2.10. The van der Waals surface area contributed by atoms with Crippen molar-refractivity contribution in [3.63, 3.8) is 0 Å². The number of benzene rings is 11. The van der Waals surface area contributed by atoms with Gasteiger partial charge in [0, 0.05) is 67.0 Å². The van der Waals surface area contributed by atoms with E-state index >= 15 is 0 Å². The summed E-state index contributed by atoms with van der Waals surface area (Å²) < 4.78 is 32.5. The van der Waals surface area contributed by atoms with Crippen LogP contribution >= 0.6 is 0 Å². The average molecular weight is 959 g/mol. The Kier molecular flexibility index (Phi) is 11.0. The van der Waals surface area contributed by atoms with E-state index in [2.05, 4.69) is 239 Å². The van der Waals surface area contributed by atoms with E-state index in [0.29, 0.717) is 0 Å². The molecule has 2 aromatic heterocycles. The van der Waals surface area contributed by atoms with Crippen LogP contribution in [0.4, 0.5) is 42.9 Å². The standard InChI is InChI=1S/C68H48F2N4/c1-45-11-27-53(28-12-45)71(59-39-41-67-63(43-59)61-7-3-5-9-65(61)73(67)57-35-23-51(69)24-36-57)55-31-19-49(20-32-55)47-15-17-48(18-16-47)50-21-33-56(34-22-50)72(54-29-13-46(2)14-30-54)60-40-42-68-64(44-60)62-8-4-6-10-66(62)74(68)58-37-25-52(70)26-38-58/h3-44H,1-2H3. The van der Waals surface area contributed by atoms with Crippen LogP contribution in [-0.2, 0) is 0 Å². The van der Waals surface area contributed by atoms with Gasteiger partial charge < -0.3 is 18.9 Å². The molecule has 2 heterocycles. The van der Waals surface area contributed by atoms with E-state index in [9.17, 15) is 8.78 Å². The quantitative estimate of drug-likeness (QED) is 0.136. The minimum atomic E-state index is -0.253. The van der Waals surface area contributed by atoms with Crippen LogP contribution in [-0.4, -0.2) is 9.13 Å². The first kappa shape index (κ1) is 44.4. The zero-order chi connectivity index (χ0) is 49.9. The maximum absolute atomic E-state index is 14.0. The van der Waals surface area contributed by atoms with E-state index in [1.54, 1.807) is 0 Å². The zero-order valence-corrected chi connectivity index (χ0v) is 40.8. The van der Waals surface area contributed by atoms with Crippen LogP contribution in [0.3, 0.4) is 0 Å². The molecule has 13 rings (SSSR count). The lowest BCUT2D eigenvalue weighted by atomic mass is 9.99. The van der Waals surface area contributed by atoms with Crippen LogP contribution in [0.5, 0.6) is 0 Å². The first-order valence-corrected chi connectivity index (χ1v) is 24.9. The van der Waals surface area contributed by atoms with Crippen molar-refractivity contribution in [1.29, 1.82) is 0 Å². The van der Waals surface area contributed by atoms with Gasteiger partial charge in [0.25, 0.3) is 0 Å². The number of aryl methyl sites for hydroxylation is 2. The molecule has 0 aliphatic heterocycles. The van der Waals surface area contributed by atoms with Crippen LogP contribution in [0.2, 0.25) is 0 Å². The first-order chi connectivity index (χ1) is 36.3. The molecule has 0 atom stereocenters. The molecule has 0 N–H and O–H groups in total. The number of hydrogen-bond acceptors (Lipinski definition) is 2. The summed E-state index contributed by atoms with van der Waals surface area (Å²) in [6.07, 6.45) is 0. The van der Waals surface area contributed by atoms with Crippen LogP contribution < -0.4 is 9.80 Å². The fraction of sp³-hybridized carbons (Fsp3) is 0.0294. The van der Waals surface area contributed by atoms with Gasteiger partial charge in [0.05, 0.1) is 22.1 Å². The molecular formula is C68H48F2N4. The van der Waals surface area contributed by atoms with Crippen molar-refractivity contribution in [3.8, 4) is 33.6 Å². The average Bonchev–Trinajstić information content (AvgIpc) is 3.96. The number of aromatic nitrogens is 2. The predicted octanol–water partition coefficient (Wildman–Crippen LogP) is 19.0. The van der Waals surface area contributed by atoms with E-state index in [1.165, 1.54) is 35.4 Å². The highest BCUT2D eigenvalue weighted by Gasteiger charge is 2.20. The Labute approximate surface area is 428 Å². The Balaban J connectivity index is 0.803. The molecule has 0 aliphatic carbocycles. The maximum Gasteiger partial charge on any atom is 0.123 e. The fourth-order valence-electron chi connectivity index (χ4n) is 10.7. The number of rotatable bonds is 10. The van der Waals surface area contributed by atoms with Crippen LogP contribution in [0, 0.1) is 25.5 Å². The van der Waals surface area contributed by atoms with Gasteiger partial charge in [0.1, 0.15) is 11.6 Å². The Hall–Kier alpha value is -9.52. The minimum Gasteiger partial charge on any atom is -0.310 e. The van der Waals surface area contributed by atoms with Crippen molar-refractivity contribution in [2.75, 3.05) is 9.80 Å². The summed E-state index contributed by atoms with van der Waals surface area (Å²) in [6, 6.07) is 87.3. The summed E-state index contributed by atoms with van der Waals surface area (Å²) in [5.74, 6) is -0.507. The number of nitrogens with zero attached hydrogens (tertiary/aromatic N) is 4. The maximum atomic E-state index is 14.0. The van der Waals surface area contributed by atoms with Gasteiger partial charge in [-0.05, 0) is 182 Å². The highest BCUT2D eigenvalue weighted by atomic mass is 19.1. The molecule has 0 saturated heterocycles. The molecule has 13 aromatic rings. The van der Waals surface area contributed by atoms with Crippen molar-refractivity contribution in [2.45, 2.75) is 13.8 Å². The first-order valence-electron chi connectivity index (χ1n) is 24.9. The molecule has 0 bridgehead atoms. The molecule has 0 unspecified atom stereocenters. The second-order valence-electron chi connectivity index (χ2n) is 19.1. The summed E-state index contributed by atoms with van der Waals surface area (Å²) in [5, 5.41) is 4.52. The van der Waals surface area contributed by atoms with Gasteiger partial charge >= 0.3 is 0 Å². The fourth-order valence-corrected chi connectivity index (χ4v) is 10.7. The minimum absolute atomic E-state index is 0.253. The molecule has 11 aromatic carbocycles. The van der Waals surface area contributed by atoms with E-state index in [1.807, 2.05) is 24.3 Å². The molecule has 0 spiro atoms. The second kappa shape index (κ2) is 18.3. The van der Waals surface area contributed by atoms with Crippen molar-refractivity contribution in [1.82, 2.24) is 9.13 Å². The Bertz CT molecular complexity index is 3900. The highest BCUT2D eigenvalue weighted by Crippen LogP contribution is 2.43. The predicted molar refractivity (Wildman–Crippen MR) is 305 cm³/mol. The Morgan fingerprint density at radius 2 is 0.554 bits per heavy atom. The molecule has 6 heteroatoms. The van der Waals surface area contributed by atoms with Crippen LogP contribution in [0.15, 0.2) is 255 Å². The monoisotopic (exact) mass is 958 g/mol. The molecule has 74 heavy (non-hydrogen) atoms. The number of hydrogen-bond donors (Lipinski definition) is 0. The van der Waals surface area contributed by atoms with Gasteiger partial charge in [-0.15, -0.1) is 0 Å². The van der Waals surface area contributed by atoms with Crippen molar-refractivity contribution < 1.29 is 8.78 Å². The normalized spacial score (nSPS) is 11.5. The second-order valence-corrected chi connectivity index (χ2v) is 19.1. The van der Waals surface area contributed by atoms with Gasteiger partial charge in [-0.1, -0.05) is 120 Å². The number of para-hydroxylation sites is 2. The Morgan fingerprint density at radius 1 is 0.270 bits per heavy atom. The van der Waals surface area contributed by atoms with Gasteiger partial charge in [-0.3, -0.25) is 0 Å².